The lowest BCUT2D eigenvalue weighted by Crippen LogP contribution is -2.23. The van der Waals surface area contributed by atoms with Gasteiger partial charge in [-0.15, -0.1) is 0 Å². The van der Waals surface area contributed by atoms with Crippen molar-refractivity contribution in [1.29, 1.82) is 0 Å². The Morgan fingerprint density at radius 2 is 1.12 bits per heavy atom. The molecule has 0 aliphatic heterocycles. The average molecular weight is 475 g/mol. The van der Waals surface area contributed by atoms with Crippen molar-refractivity contribution in [2.24, 2.45) is 0 Å². The molecule has 0 spiro atoms. The minimum absolute atomic E-state index is 0.0274. The highest BCUT2D eigenvalue weighted by Crippen LogP contribution is 2.42. The third kappa shape index (κ3) is 10.4. The van der Waals surface area contributed by atoms with Gasteiger partial charge >= 0.3 is 5.97 Å². The molecule has 0 radical (unpaired) electrons. The smallest absolute Gasteiger partial charge is 0.339 e. The van der Waals surface area contributed by atoms with Gasteiger partial charge in [-0.1, -0.05) is 132 Å². The van der Waals surface area contributed by atoms with E-state index in [0.29, 0.717) is 0 Å². The number of aromatic hydroxyl groups is 1. The summed E-state index contributed by atoms with van der Waals surface area (Å²) in [5, 5.41) is 20.6. The van der Waals surface area contributed by atoms with Gasteiger partial charge in [0.15, 0.2) is 0 Å². The van der Waals surface area contributed by atoms with Crippen LogP contribution in [-0.4, -0.2) is 16.2 Å². The van der Waals surface area contributed by atoms with Crippen molar-refractivity contribution in [2.45, 2.75) is 156 Å². The lowest BCUT2D eigenvalue weighted by molar-refractivity contribution is 0.0693. The van der Waals surface area contributed by atoms with Gasteiger partial charge in [0.1, 0.15) is 11.3 Å². The van der Waals surface area contributed by atoms with Crippen molar-refractivity contribution in [1.82, 2.24) is 0 Å². The summed E-state index contributed by atoms with van der Waals surface area (Å²) in [6.07, 6.45) is 19.6. The monoisotopic (exact) mass is 474 g/mol. The Balaban J connectivity index is 2.57. The first-order chi connectivity index (χ1) is 15.9. The lowest BCUT2D eigenvalue weighted by atomic mass is 9.73. The molecule has 0 aromatic heterocycles. The summed E-state index contributed by atoms with van der Waals surface area (Å²) >= 11 is 0. The van der Waals surface area contributed by atoms with Crippen LogP contribution in [0.3, 0.4) is 0 Å². The van der Waals surface area contributed by atoms with Crippen molar-refractivity contribution >= 4 is 5.97 Å². The van der Waals surface area contributed by atoms with Crippen LogP contribution in [0.25, 0.3) is 0 Å². The minimum atomic E-state index is -1.06. The summed E-state index contributed by atoms with van der Waals surface area (Å²) in [7, 11) is 0. The fourth-order valence-electron chi connectivity index (χ4n) is 5.11. The third-order valence-corrected chi connectivity index (χ3v) is 6.98. The van der Waals surface area contributed by atoms with Gasteiger partial charge in [0, 0.05) is 5.56 Å². The Labute approximate surface area is 210 Å². The normalized spacial score (nSPS) is 12.3. The molecule has 1 aromatic rings. The molecule has 0 heterocycles. The molecule has 0 aliphatic rings. The van der Waals surface area contributed by atoms with E-state index in [4.69, 9.17) is 0 Å². The maximum atomic E-state index is 11.8. The van der Waals surface area contributed by atoms with Gasteiger partial charge in [-0.25, -0.2) is 4.79 Å². The Bertz CT molecular complexity index is 735. The van der Waals surface area contributed by atoms with Crippen LogP contribution in [-0.2, 0) is 17.3 Å². The molecule has 0 fully saturated rings. The number of aromatic carboxylic acids is 1. The fraction of sp³-hybridized carbons (Fsp3) is 0.774. The van der Waals surface area contributed by atoms with Crippen LogP contribution in [0.5, 0.6) is 5.75 Å². The van der Waals surface area contributed by atoms with Crippen LogP contribution >= 0.6 is 0 Å². The molecule has 0 aliphatic carbocycles. The van der Waals surface area contributed by atoms with E-state index < -0.39 is 5.97 Å². The number of phenols is 1. The zero-order valence-corrected chi connectivity index (χ0v) is 23.5. The number of benzene rings is 1. The van der Waals surface area contributed by atoms with Gasteiger partial charge < -0.3 is 10.2 Å². The molecule has 2 N–H and O–H groups in total. The van der Waals surface area contributed by atoms with Crippen LogP contribution in [0.15, 0.2) is 6.07 Å². The van der Waals surface area contributed by atoms with Gasteiger partial charge in [-0.2, -0.15) is 0 Å². The molecule has 0 saturated carbocycles. The number of hydrogen-bond acceptors (Lipinski definition) is 2. The second-order valence-corrected chi connectivity index (χ2v) is 12.3. The van der Waals surface area contributed by atoms with Crippen LogP contribution < -0.4 is 0 Å². The first kappa shape index (κ1) is 30.5. The molecule has 0 saturated heterocycles. The first-order valence-electron chi connectivity index (χ1n) is 14.0. The van der Waals surface area contributed by atoms with E-state index in [1.807, 2.05) is 0 Å². The van der Waals surface area contributed by atoms with Gasteiger partial charge in [0.05, 0.1) is 0 Å². The summed E-state index contributed by atoms with van der Waals surface area (Å²) in [4.78, 5) is 11.8. The van der Waals surface area contributed by atoms with E-state index in [1.165, 1.54) is 83.5 Å². The molecule has 0 bridgehead atoms. The van der Waals surface area contributed by atoms with Crippen molar-refractivity contribution in [2.75, 3.05) is 0 Å². The number of carboxylic acid groups (broad SMARTS) is 1. The third-order valence-electron chi connectivity index (χ3n) is 6.98. The molecular formula is C31H54O3. The van der Waals surface area contributed by atoms with E-state index in [-0.39, 0.29) is 22.1 Å². The first-order valence-corrected chi connectivity index (χ1v) is 14.0. The van der Waals surface area contributed by atoms with Gasteiger partial charge in [-0.05, 0) is 40.9 Å². The molecule has 3 heteroatoms. The SMILES string of the molecule is CCCCCCCCCCCCCCCCc1c(C(C)(C)C)cc(C(=O)O)c(O)c1C(C)(C)C. The number of rotatable bonds is 16. The maximum Gasteiger partial charge on any atom is 0.339 e. The molecule has 0 unspecified atom stereocenters. The zero-order valence-electron chi connectivity index (χ0n) is 23.5. The number of carboxylic acids is 1. The predicted octanol–water partition coefficient (Wildman–Crippen LogP) is 9.71. The Kier molecular flexibility index (Phi) is 13.3. The van der Waals surface area contributed by atoms with E-state index in [2.05, 4.69) is 48.5 Å². The van der Waals surface area contributed by atoms with Crippen LogP contribution in [0, 0.1) is 0 Å². The molecule has 0 atom stereocenters. The van der Waals surface area contributed by atoms with Crippen molar-refractivity contribution in [3.8, 4) is 5.75 Å². The zero-order chi connectivity index (χ0) is 25.8. The number of carbonyl (C=O) groups is 1. The highest BCUT2D eigenvalue weighted by Gasteiger charge is 2.31. The topological polar surface area (TPSA) is 57.5 Å². The second-order valence-electron chi connectivity index (χ2n) is 12.3. The van der Waals surface area contributed by atoms with E-state index in [0.717, 1.165) is 29.5 Å². The molecule has 196 valence electrons. The van der Waals surface area contributed by atoms with Crippen molar-refractivity contribution in [3.63, 3.8) is 0 Å². The van der Waals surface area contributed by atoms with Crippen LogP contribution in [0.2, 0.25) is 0 Å². The summed E-state index contributed by atoms with van der Waals surface area (Å²) in [5.41, 5.74) is 2.56. The molecule has 3 nitrogen and oxygen atoms in total. The second kappa shape index (κ2) is 14.8. The van der Waals surface area contributed by atoms with E-state index in [9.17, 15) is 15.0 Å². The minimum Gasteiger partial charge on any atom is -0.507 e. The fourth-order valence-corrected chi connectivity index (χ4v) is 5.11. The number of hydrogen-bond donors (Lipinski definition) is 2. The average Bonchev–Trinajstić information content (AvgIpc) is 2.71. The molecule has 1 aromatic carbocycles. The maximum absolute atomic E-state index is 11.8. The summed E-state index contributed by atoms with van der Waals surface area (Å²) in [6, 6.07) is 1.71. The summed E-state index contributed by atoms with van der Waals surface area (Å²) < 4.78 is 0. The highest BCUT2D eigenvalue weighted by molar-refractivity contribution is 5.92. The van der Waals surface area contributed by atoms with Crippen molar-refractivity contribution in [3.05, 3.63) is 28.3 Å². The highest BCUT2D eigenvalue weighted by atomic mass is 16.4. The predicted molar refractivity (Wildman–Crippen MR) is 146 cm³/mol. The lowest BCUT2D eigenvalue weighted by Gasteiger charge is -2.32. The van der Waals surface area contributed by atoms with E-state index in [1.54, 1.807) is 6.07 Å². The standard InChI is InChI=1S/C31H54O3/c1-8-9-10-11-12-13-14-15-16-17-18-19-20-21-22-24-26(30(2,3)4)23-25(29(33)34)28(32)27(24)31(5,6)7/h23,32H,8-22H2,1-7H3,(H,33,34). The molecular weight excluding hydrogens is 420 g/mol. The van der Waals surface area contributed by atoms with Gasteiger partial charge in [0.2, 0.25) is 0 Å². The Hall–Kier alpha value is -1.51. The molecule has 34 heavy (non-hydrogen) atoms. The quantitative estimate of drug-likeness (QED) is 0.234. The van der Waals surface area contributed by atoms with Gasteiger partial charge in [-0.3, -0.25) is 0 Å². The van der Waals surface area contributed by atoms with Gasteiger partial charge in [0.25, 0.3) is 0 Å². The molecule has 0 amide bonds. The van der Waals surface area contributed by atoms with Crippen LogP contribution in [0.4, 0.5) is 0 Å². The molecule has 1 rings (SSSR count). The van der Waals surface area contributed by atoms with Crippen LogP contribution in [0.1, 0.15) is 165 Å². The van der Waals surface area contributed by atoms with E-state index >= 15 is 0 Å². The Morgan fingerprint density at radius 3 is 1.47 bits per heavy atom. The van der Waals surface area contributed by atoms with Crippen molar-refractivity contribution < 1.29 is 15.0 Å². The summed E-state index contributed by atoms with van der Waals surface area (Å²) in [5.74, 6) is -1.11. The summed E-state index contributed by atoms with van der Waals surface area (Å²) in [6.45, 7) is 14.9. The Morgan fingerprint density at radius 1 is 0.706 bits per heavy atom. The number of unbranched alkanes of at least 4 members (excludes halogenated alkanes) is 13. The largest absolute Gasteiger partial charge is 0.507 e.